The van der Waals surface area contributed by atoms with E-state index in [2.05, 4.69) is 10.6 Å². The molecule has 5 rings (SSSR count). The van der Waals surface area contributed by atoms with E-state index >= 15 is 0 Å². The SMILES string of the molecule is Nc1ccccc1C(=O)NCCCNC12CC3CC(CC(C3)C1)C2. The molecule has 0 heterocycles. The Balaban J connectivity index is 1.21. The maximum Gasteiger partial charge on any atom is 0.253 e. The lowest BCUT2D eigenvalue weighted by Crippen LogP contribution is -2.58. The van der Waals surface area contributed by atoms with Crippen LogP contribution < -0.4 is 16.4 Å². The van der Waals surface area contributed by atoms with E-state index < -0.39 is 0 Å². The smallest absolute Gasteiger partial charge is 0.253 e. The molecule has 24 heavy (non-hydrogen) atoms. The van der Waals surface area contributed by atoms with Crippen molar-refractivity contribution in [3.63, 3.8) is 0 Å². The van der Waals surface area contributed by atoms with E-state index in [-0.39, 0.29) is 5.91 Å². The van der Waals surface area contributed by atoms with Gasteiger partial charge in [-0.05, 0) is 81.4 Å². The van der Waals surface area contributed by atoms with Gasteiger partial charge in [0.15, 0.2) is 0 Å². The van der Waals surface area contributed by atoms with E-state index in [0.717, 1.165) is 30.7 Å². The molecule has 4 fully saturated rings. The van der Waals surface area contributed by atoms with Crippen LogP contribution in [0.15, 0.2) is 24.3 Å². The van der Waals surface area contributed by atoms with Crippen LogP contribution in [0.25, 0.3) is 0 Å². The first-order valence-corrected chi connectivity index (χ1v) is 9.51. The van der Waals surface area contributed by atoms with E-state index in [0.29, 0.717) is 23.3 Å². The Hall–Kier alpha value is -1.55. The fourth-order valence-electron chi connectivity index (χ4n) is 5.77. The van der Waals surface area contributed by atoms with Crippen molar-refractivity contribution >= 4 is 11.6 Å². The van der Waals surface area contributed by atoms with Gasteiger partial charge < -0.3 is 16.4 Å². The van der Waals surface area contributed by atoms with Crippen LogP contribution in [0, 0.1) is 17.8 Å². The van der Waals surface area contributed by atoms with Gasteiger partial charge in [-0.1, -0.05) is 12.1 Å². The highest BCUT2D eigenvalue weighted by atomic mass is 16.1. The molecule has 4 nitrogen and oxygen atoms in total. The van der Waals surface area contributed by atoms with Crippen molar-refractivity contribution in [3.05, 3.63) is 29.8 Å². The summed E-state index contributed by atoms with van der Waals surface area (Å²) in [6.07, 6.45) is 9.56. The summed E-state index contributed by atoms with van der Waals surface area (Å²) in [5.74, 6) is 2.86. The van der Waals surface area contributed by atoms with Gasteiger partial charge >= 0.3 is 0 Å². The molecule has 4 aliphatic rings. The number of nitrogen functional groups attached to an aromatic ring is 1. The number of para-hydroxylation sites is 1. The fraction of sp³-hybridized carbons (Fsp3) is 0.650. The summed E-state index contributed by atoms with van der Waals surface area (Å²) in [7, 11) is 0. The van der Waals surface area contributed by atoms with Crippen molar-refractivity contribution in [2.75, 3.05) is 18.8 Å². The number of amides is 1. The second kappa shape index (κ2) is 6.40. The van der Waals surface area contributed by atoms with Gasteiger partial charge in [0.25, 0.3) is 5.91 Å². The number of anilines is 1. The van der Waals surface area contributed by atoms with Crippen LogP contribution in [0.2, 0.25) is 0 Å². The van der Waals surface area contributed by atoms with Crippen LogP contribution in [0.4, 0.5) is 5.69 Å². The molecular weight excluding hydrogens is 298 g/mol. The average Bonchev–Trinajstić information content (AvgIpc) is 2.53. The largest absolute Gasteiger partial charge is 0.398 e. The molecule has 4 bridgehead atoms. The Morgan fingerprint density at radius 1 is 1.04 bits per heavy atom. The Morgan fingerprint density at radius 2 is 1.67 bits per heavy atom. The lowest BCUT2D eigenvalue weighted by atomic mass is 9.53. The first kappa shape index (κ1) is 15.9. The molecule has 4 saturated carbocycles. The zero-order valence-electron chi connectivity index (χ0n) is 14.4. The first-order chi connectivity index (χ1) is 11.6. The van der Waals surface area contributed by atoms with E-state index in [9.17, 15) is 4.79 Å². The van der Waals surface area contributed by atoms with Crippen molar-refractivity contribution in [2.45, 2.75) is 50.5 Å². The maximum absolute atomic E-state index is 12.1. The quantitative estimate of drug-likeness (QED) is 0.556. The molecule has 0 radical (unpaired) electrons. The number of carbonyl (C=O) groups is 1. The zero-order chi connectivity index (χ0) is 16.6. The monoisotopic (exact) mass is 327 g/mol. The van der Waals surface area contributed by atoms with Crippen LogP contribution in [-0.4, -0.2) is 24.5 Å². The third-order valence-corrected chi connectivity index (χ3v) is 6.38. The number of rotatable bonds is 6. The lowest BCUT2D eigenvalue weighted by molar-refractivity contribution is -0.0195. The van der Waals surface area contributed by atoms with E-state index in [4.69, 9.17) is 5.73 Å². The predicted molar refractivity (Wildman–Crippen MR) is 96.7 cm³/mol. The number of hydrogen-bond donors (Lipinski definition) is 3. The normalized spacial score (nSPS) is 33.6. The molecular formula is C20H29N3O. The molecule has 1 amide bonds. The van der Waals surface area contributed by atoms with Crippen molar-refractivity contribution in [2.24, 2.45) is 17.8 Å². The highest BCUT2D eigenvalue weighted by Gasteiger charge is 2.50. The summed E-state index contributed by atoms with van der Waals surface area (Å²) in [6, 6.07) is 7.24. The molecule has 130 valence electrons. The number of hydrogen-bond acceptors (Lipinski definition) is 3. The Bertz CT molecular complexity index is 577. The van der Waals surface area contributed by atoms with Crippen molar-refractivity contribution < 1.29 is 4.79 Å². The second-order valence-electron chi connectivity index (χ2n) is 8.32. The number of benzene rings is 1. The van der Waals surface area contributed by atoms with Crippen LogP contribution in [0.1, 0.15) is 55.3 Å². The summed E-state index contributed by atoms with van der Waals surface area (Å²) in [6.45, 7) is 1.70. The highest BCUT2D eigenvalue weighted by molar-refractivity contribution is 5.98. The standard InChI is InChI=1S/C20H29N3O/c21-18-5-2-1-4-17(18)19(24)22-6-3-7-23-20-11-14-8-15(12-20)10-16(9-14)13-20/h1-2,4-5,14-16,23H,3,6-13,21H2,(H,22,24). The summed E-state index contributed by atoms with van der Waals surface area (Å²) in [4.78, 5) is 12.1. The van der Waals surface area contributed by atoms with E-state index in [1.54, 1.807) is 12.1 Å². The predicted octanol–water partition coefficient (Wildman–Crippen LogP) is 2.95. The molecule has 0 spiro atoms. The number of nitrogens with two attached hydrogens (primary N) is 1. The Labute approximate surface area is 144 Å². The van der Waals surface area contributed by atoms with Gasteiger partial charge in [-0.25, -0.2) is 0 Å². The third kappa shape index (κ3) is 3.16. The molecule has 1 aromatic carbocycles. The van der Waals surface area contributed by atoms with E-state index in [1.165, 1.54) is 38.5 Å². The molecule has 4 aliphatic carbocycles. The highest BCUT2D eigenvalue weighted by Crippen LogP contribution is 2.55. The molecule has 0 atom stereocenters. The van der Waals surface area contributed by atoms with Gasteiger partial charge in [0.1, 0.15) is 0 Å². The number of nitrogens with one attached hydrogen (secondary N) is 2. The van der Waals surface area contributed by atoms with Gasteiger partial charge in [-0.15, -0.1) is 0 Å². The second-order valence-corrected chi connectivity index (χ2v) is 8.32. The Morgan fingerprint density at radius 3 is 2.29 bits per heavy atom. The maximum atomic E-state index is 12.1. The number of carbonyl (C=O) groups excluding carboxylic acids is 1. The van der Waals surface area contributed by atoms with Crippen LogP contribution in [-0.2, 0) is 0 Å². The van der Waals surface area contributed by atoms with Gasteiger partial charge in [-0.3, -0.25) is 4.79 Å². The van der Waals surface area contributed by atoms with Gasteiger partial charge in [-0.2, -0.15) is 0 Å². The summed E-state index contributed by atoms with van der Waals surface area (Å²) < 4.78 is 0. The molecule has 0 aliphatic heterocycles. The lowest BCUT2D eigenvalue weighted by Gasteiger charge is -2.57. The zero-order valence-corrected chi connectivity index (χ0v) is 14.4. The minimum absolute atomic E-state index is 0.0668. The van der Waals surface area contributed by atoms with E-state index in [1.807, 2.05) is 12.1 Å². The molecule has 0 unspecified atom stereocenters. The minimum Gasteiger partial charge on any atom is -0.398 e. The van der Waals surface area contributed by atoms with Crippen LogP contribution in [0.5, 0.6) is 0 Å². The average molecular weight is 327 g/mol. The van der Waals surface area contributed by atoms with Crippen molar-refractivity contribution in [1.82, 2.24) is 10.6 Å². The molecule has 1 aromatic rings. The topological polar surface area (TPSA) is 67.2 Å². The molecule has 4 heteroatoms. The fourth-order valence-corrected chi connectivity index (χ4v) is 5.77. The van der Waals surface area contributed by atoms with Crippen LogP contribution >= 0.6 is 0 Å². The molecule has 4 N–H and O–H groups in total. The summed E-state index contributed by atoms with van der Waals surface area (Å²) in [5.41, 5.74) is 7.39. The van der Waals surface area contributed by atoms with Gasteiger partial charge in [0, 0.05) is 17.8 Å². The van der Waals surface area contributed by atoms with Gasteiger partial charge in [0.05, 0.1) is 5.56 Å². The molecule has 0 saturated heterocycles. The minimum atomic E-state index is -0.0668. The van der Waals surface area contributed by atoms with Crippen LogP contribution in [0.3, 0.4) is 0 Å². The van der Waals surface area contributed by atoms with Gasteiger partial charge in [0.2, 0.25) is 0 Å². The third-order valence-electron chi connectivity index (χ3n) is 6.38. The first-order valence-electron chi connectivity index (χ1n) is 9.51. The summed E-state index contributed by atoms with van der Waals surface area (Å²) in [5, 5.41) is 6.87. The Kier molecular flexibility index (Phi) is 4.25. The molecule has 0 aromatic heterocycles. The van der Waals surface area contributed by atoms with Crippen molar-refractivity contribution in [1.29, 1.82) is 0 Å². The summed E-state index contributed by atoms with van der Waals surface area (Å²) >= 11 is 0. The van der Waals surface area contributed by atoms with Crippen molar-refractivity contribution in [3.8, 4) is 0 Å².